The molecule has 0 radical (unpaired) electrons. The van der Waals surface area contributed by atoms with Gasteiger partial charge in [0.05, 0.1) is 6.61 Å². The Hall–Kier alpha value is -0.120. The summed E-state index contributed by atoms with van der Waals surface area (Å²) in [6, 6.07) is 0.882. The van der Waals surface area contributed by atoms with Crippen molar-refractivity contribution in [2.75, 3.05) is 40.4 Å². The van der Waals surface area contributed by atoms with Crippen LogP contribution in [0.15, 0.2) is 0 Å². The molecule has 0 saturated heterocycles. The lowest BCUT2D eigenvalue weighted by Crippen LogP contribution is -2.46. The molecule has 2 fully saturated rings. The van der Waals surface area contributed by atoms with E-state index in [9.17, 15) is 0 Å². The molecule has 0 aromatic carbocycles. The summed E-state index contributed by atoms with van der Waals surface area (Å²) in [6.07, 6.45) is 8.45. The van der Waals surface area contributed by atoms with E-state index in [4.69, 9.17) is 4.74 Å². The fraction of sp³-hybridized carbons (Fsp3) is 1.00. The Kier molecular flexibility index (Phi) is 5.67. The topological polar surface area (TPSA) is 24.5 Å². The second-order valence-corrected chi connectivity index (χ2v) is 7.02. The zero-order valence-electron chi connectivity index (χ0n) is 13.1. The highest BCUT2D eigenvalue weighted by molar-refractivity contribution is 4.93. The summed E-state index contributed by atoms with van der Waals surface area (Å²) in [7, 11) is 4.11. The summed E-state index contributed by atoms with van der Waals surface area (Å²) in [5.41, 5.74) is 0.503. The molecular formula is C16H32N2O. The van der Waals surface area contributed by atoms with Gasteiger partial charge in [-0.25, -0.2) is 0 Å². The van der Waals surface area contributed by atoms with Gasteiger partial charge in [-0.1, -0.05) is 19.8 Å². The van der Waals surface area contributed by atoms with Crippen molar-refractivity contribution in [1.29, 1.82) is 0 Å². The third kappa shape index (κ3) is 4.73. The predicted molar refractivity (Wildman–Crippen MR) is 80.5 cm³/mol. The van der Waals surface area contributed by atoms with Crippen LogP contribution in [-0.2, 0) is 4.74 Å². The van der Waals surface area contributed by atoms with Crippen molar-refractivity contribution in [1.82, 2.24) is 10.2 Å². The summed E-state index contributed by atoms with van der Waals surface area (Å²) in [5, 5.41) is 3.63. The molecule has 2 aliphatic carbocycles. The van der Waals surface area contributed by atoms with Gasteiger partial charge < -0.3 is 15.0 Å². The standard InChI is InChI=1S/C16H32N2O/c1-14-5-4-8-16(11-14,12-17-9-10-19-3)13-18(2)15-6-7-15/h14-15,17H,4-13H2,1-3H3. The molecule has 2 atom stereocenters. The normalized spacial score (nSPS) is 31.9. The minimum atomic E-state index is 0.503. The van der Waals surface area contributed by atoms with Crippen molar-refractivity contribution in [2.45, 2.75) is 51.5 Å². The molecule has 0 heterocycles. The molecule has 0 aromatic rings. The van der Waals surface area contributed by atoms with Crippen LogP contribution in [0.4, 0.5) is 0 Å². The first-order chi connectivity index (χ1) is 9.15. The van der Waals surface area contributed by atoms with E-state index in [1.165, 1.54) is 45.1 Å². The molecule has 112 valence electrons. The summed E-state index contributed by atoms with van der Waals surface area (Å²) in [4.78, 5) is 2.62. The zero-order chi connectivity index (χ0) is 13.7. The molecule has 0 aromatic heterocycles. The Morgan fingerprint density at radius 2 is 2.11 bits per heavy atom. The Labute approximate surface area is 119 Å². The lowest BCUT2D eigenvalue weighted by molar-refractivity contribution is 0.0859. The summed E-state index contributed by atoms with van der Waals surface area (Å²) in [5.74, 6) is 0.894. The zero-order valence-corrected chi connectivity index (χ0v) is 13.1. The molecule has 0 amide bonds. The minimum absolute atomic E-state index is 0.503. The van der Waals surface area contributed by atoms with Gasteiger partial charge in [0, 0.05) is 32.8 Å². The second kappa shape index (κ2) is 7.05. The Morgan fingerprint density at radius 1 is 1.32 bits per heavy atom. The molecular weight excluding hydrogens is 236 g/mol. The molecule has 0 aliphatic heterocycles. The maximum atomic E-state index is 5.14. The van der Waals surface area contributed by atoms with Crippen molar-refractivity contribution >= 4 is 0 Å². The number of hydrogen-bond acceptors (Lipinski definition) is 3. The van der Waals surface area contributed by atoms with E-state index in [2.05, 4.69) is 24.2 Å². The first-order valence-electron chi connectivity index (χ1n) is 8.05. The summed E-state index contributed by atoms with van der Waals surface area (Å²) in [6.45, 7) is 6.68. The maximum Gasteiger partial charge on any atom is 0.0587 e. The SMILES string of the molecule is COCCNCC1(CN(C)C2CC2)CCCC(C)C1. The largest absolute Gasteiger partial charge is 0.383 e. The Balaban J connectivity index is 1.86. The third-order valence-corrected chi connectivity index (χ3v) is 4.92. The van der Waals surface area contributed by atoms with Crippen molar-refractivity contribution in [3.63, 3.8) is 0 Å². The van der Waals surface area contributed by atoms with E-state index in [0.717, 1.165) is 31.7 Å². The van der Waals surface area contributed by atoms with Gasteiger partial charge in [0.1, 0.15) is 0 Å². The van der Waals surface area contributed by atoms with Crippen LogP contribution in [-0.4, -0.2) is 51.3 Å². The van der Waals surface area contributed by atoms with Gasteiger partial charge in [0.2, 0.25) is 0 Å². The molecule has 19 heavy (non-hydrogen) atoms. The van der Waals surface area contributed by atoms with Crippen LogP contribution in [0.1, 0.15) is 45.4 Å². The average Bonchev–Trinajstić information content (AvgIpc) is 3.19. The van der Waals surface area contributed by atoms with Gasteiger partial charge in [-0.3, -0.25) is 0 Å². The van der Waals surface area contributed by atoms with Crippen LogP contribution >= 0.6 is 0 Å². The van der Waals surface area contributed by atoms with Gasteiger partial charge in [0.15, 0.2) is 0 Å². The Bertz CT molecular complexity index is 267. The van der Waals surface area contributed by atoms with Crippen LogP contribution in [0, 0.1) is 11.3 Å². The summed E-state index contributed by atoms with van der Waals surface area (Å²) < 4.78 is 5.14. The van der Waals surface area contributed by atoms with Gasteiger partial charge in [-0.05, 0) is 44.1 Å². The molecule has 0 spiro atoms. The van der Waals surface area contributed by atoms with Crippen molar-refractivity contribution in [3.8, 4) is 0 Å². The lowest BCUT2D eigenvalue weighted by atomic mass is 9.69. The number of rotatable bonds is 8. The molecule has 2 unspecified atom stereocenters. The molecule has 1 N–H and O–H groups in total. The molecule has 0 bridgehead atoms. The number of methoxy groups -OCH3 is 1. The highest BCUT2D eigenvalue weighted by Gasteiger charge is 2.38. The number of nitrogens with zero attached hydrogens (tertiary/aromatic N) is 1. The number of ether oxygens (including phenoxy) is 1. The highest BCUT2D eigenvalue weighted by Crippen LogP contribution is 2.41. The van der Waals surface area contributed by atoms with Gasteiger partial charge in [-0.15, -0.1) is 0 Å². The smallest absolute Gasteiger partial charge is 0.0587 e. The third-order valence-electron chi connectivity index (χ3n) is 4.92. The first-order valence-corrected chi connectivity index (χ1v) is 8.05. The van der Waals surface area contributed by atoms with E-state index in [1.54, 1.807) is 7.11 Å². The van der Waals surface area contributed by atoms with Gasteiger partial charge in [0.25, 0.3) is 0 Å². The van der Waals surface area contributed by atoms with Crippen molar-refractivity contribution < 1.29 is 4.74 Å². The first kappa shape index (κ1) is 15.3. The molecule has 3 heteroatoms. The van der Waals surface area contributed by atoms with Crippen molar-refractivity contribution in [3.05, 3.63) is 0 Å². The predicted octanol–water partition coefficient (Wildman–Crippen LogP) is 2.51. The van der Waals surface area contributed by atoms with Crippen LogP contribution in [0.5, 0.6) is 0 Å². The van der Waals surface area contributed by atoms with Gasteiger partial charge in [-0.2, -0.15) is 0 Å². The number of hydrogen-bond donors (Lipinski definition) is 1. The molecule has 2 rings (SSSR count). The monoisotopic (exact) mass is 268 g/mol. The van der Waals surface area contributed by atoms with E-state index in [0.29, 0.717) is 5.41 Å². The highest BCUT2D eigenvalue weighted by atomic mass is 16.5. The van der Waals surface area contributed by atoms with Crippen LogP contribution in [0.2, 0.25) is 0 Å². The minimum Gasteiger partial charge on any atom is -0.383 e. The van der Waals surface area contributed by atoms with Crippen molar-refractivity contribution in [2.24, 2.45) is 11.3 Å². The molecule has 2 aliphatic rings. The Morgan fingerprint density at radius 3 is 2.74 bits per heavy atom. The maximum absolute atomic E-state index is 5.14. The van der Waals surface area contributed by atoms with Crippen LogP contribution in [0.3, 0.4) is 0 Å². The van der Waals surface area contributed by atoms with E-state index in [-0.39, 0.29) is 0 Å². The van der Waals surface area contributed by atoms with Crippen LogP contribution < -0.4 is 5.32 Å². The van der Waals surface area contributed by atoms with E-state index in [1.807, 2.05) is 0 Å². The van der Waals surface area contributed by atoms with E-state index >= 15 is 0 Å². The van der Waals surface area contributed by atoms with Crippen LogP contribution in [0.25, 0.3) is 0 Å². The second-order valence-electron chi connectivity index (χ2n) is 7.02. The summed E-state index contributed by atoms with van der Waals surface area (Å²) >= 11 is 0. The van der Waals surface area contributed by atoms with E-state index < -0.39 is 0 Å². The quantitative estimate of drug-likeness (QED) is 0.685. The lowest BCUT2D eigenvalue weighted by Gasteiger charge is -2.43. The fourth-order valence-electron chi connectivity index (χ4n) is 3.83. The average molecular weight is 268 g/mol. The van der Waals surface area contributed by atoms with Gasteiger partial charge >= 0.3 is 0 Å². The molecule has 2 saturated carbocycles. The fourth-order valence-corrected chi connectivity index (χ4v) is 3.83. The number of nitrogens with one attached hydrogen (secondary N) is 1. The molecule has 3 nitrogen and oxygen atoms in total.